The van der Waals surface area contributed by atoms with Gasteiger partial charge < -0.3 is 15.6 Å². The van der Waals surface area contributed by atoms with E-state index in [4.69, 9.17) is 27.2 Å². The Hall–Kier alpha value is -1.68. The molecule has 0 unspecified atom stereocenters. The molecule has 0 heterocycles. The fourth-order valence-electron chi connectivity index (χ4n) is 2.18. The van der Waals surface area contributed by atoms with Gasteiger partial charge in [0, 0.05) is 12.0 Å². The summed E-state index contributed by atoms with van der Waals surface area (Å²) in [5.41, 5.74) is 10.4. The number of ether oxygens (including phenoxy) is 1. The van der Waals surface area contributed by atoms with Crippen molar-refractivity contribution < 1.29 is 14.6 Å². The Labute approximate surface area is 130 Å². The van der Waals surface area contributed by atoms with Crippen molar-refractivity contribution in [2.75, 3.05) is 12.8 Å². The van der Waals surface area contributed by atoms with Crippen molar-refractivity contribution in [2.45, 2.75) is 40.0 Å². The van der Waals surface area contributed by atoms with E-state index in [2.05, 4.69) is 0 Å². The first-order valence-corrected chi connectivity index (χ1v) is 7.15. The van der Waals surface area contributed by atoms with E-state index in [1.807, 2.05) is 26.8 Å². The number of aliphatic carboxylic acids is 1. The molecule has 0 radical (unpaired) electrons. The third-order valence-electron chi connectivity index (χ3n) is 3.66. The van der Waals surface area contributed by atoms with Crippen molar-refractivity contribution in [3.63, 3.8) is 0 Å². The van der Waals surface area contributed by atoms with Gasteiger partial charge in [-0.3, -0.25) is 4.79 Å². The van der Waals surface area contributed by atoms with Crippen LogP contribution >= 0.6 is 11.6 Å². The number of allylic oxidation sites excluding steroid dienone is 2. The molecule has 5 heteroatoms. The number of methoxy groups -OCH3 is 1. The molecular weight excluding hydrogens is 290 g/mol. The minimum Gasteiger partial charge on any atom is -0.496 e. The third-order valence-corrected chi connectivity index (χ3v) is 4.15. The average Bonchev–Trinajstić information content (AvgIpc) is 2.45. The van der Waals surface area contributed by atoms with Gasteiger partial charge in [-0.15, -0.1) is 0 Å². The van der Waals surface area contributed by atoms with Gasteiger partial charge >= 0.3 is 5.97 Å². The summed E-state index contributed by atoms with van der Waals surface area (Å²) in [5, 5.41) is 9.25. The molecule has 0 bridgehead atoms. The minimum absolute atomic E-state index is 0.128. The molecule has 0 aliphatic carbocycles. The molecule has 0 saturated carbocycles. The molecule has 1 aromatic rings. The monoisotopic (exact) mass is 311 g/mol. The number of benzene rings is 1. The lowest BCUT2D eigenvalue weighted by Gasteiger charge is -2.17. The second-order valence-electron chi connectivity index (χ2n) is 5.14. The number of rotatable bonds is 6. The van der Waals surface area contributed by atoms with Crippen molar-refractivity contribution in [3.05, 3.63) is 33.4 Å². The molecular formula is C16H22ClNO3. The zero-order valence-corrected chi connectivity index (χ0v) is 13.7. The van der Waals surface area contributed by atoms with Crippen LogP contribution in [0.25, 0.3) is 0 Å². The Morgan fingerprint density at radius 3 is 2.48 bits per heavy atom. The Morgan fingerprint density at radius 1 is 1.33 bits per heavy atom. The van der Waals surface area contributed by atoms with Crippen LogP contribution in [0.2, 0.25) is 5.02 Å². The summed E-state index contributed by atoms with van der Waals surface area (Å²) in [6.07, 6.45) is 3.20. The number of nitrogens with two attached hydrogens (primary N) is 1. The zero-order valence-electron chi connectivity index (χ0n) is 12.9. The van der Waals surface area contributed by atoms with Crippen LogP contribution in [0, 0.1) is 13.8 Å². The van der Waals surface area contributed by atoms with Gasteiger partial charge in [0.2, 0.25) is 0 Å². The minimum atomic E-state index is -0.797. The molecule has 0 aliphatic heterocycles. The summed E-state index contributed by atoms with van der Waals surface area (Å²) in [6.45, 7) is 5.77. The van der Waals surface area contributed by atoms with Crippen LogP contribution in [0.15, 0.2) is 11.6 Å². The quantitative estimate of drug-likeness (QED) is 0.617. The topological polar surface area (TPSA) is 72.5 Å². The average molecular weight is 312 g/mol. The molecule has 116 valence electrons. The van der Waals surface area contributed by atoms with E-state index in [9.17, 15) is 4.79 Å². The fraction of sp³-hybridized carbons (Fsp3) is 0.438. The number of hydrogen-bond acceptors (Lipinski definition) is 3. The first-order valence-electron chi connectivity index (χ1n) is 6.78. The summed E-state index contributed by atoms with van der Waals surface area (Å²) in [5.74, 6) is -0.0502. The van der Waals surface area contributed by atoms with Crippen LogP contribution in [0.1, 0.15) is 36.5 Å². The highest BCUT2D eigenvalue weighted by molar-refractivity contribution is 6.34. The lowest BCUT2D eigenvalue weighted by molar-refractivity contribution is -0.136. The number of hydrogen-bond donors (Lipinski definition) is 2. The van der Waals surface area contributed by atoms with Crippen molar-refractivity contribution in [1.82, 2.24) is 0 Å². The van der Waals surface area contributed by atoms with Gasteiger partial charge in [-0.05, 0) is 44.7 Å². The van der Waals surface area contributed by atoms with Crippen molar-refractivity contribution in [1.29, 1.82) is 0 Å². The van der Waals surface area contributed by atoms with Gasteiger partial charge in [-0.25, -0.2) is 0 Å². The van der Waals surface area contributed by atoms with E-state index in [0.29, 0.717) is 23.6 Å². The molecule has 0 atom stereocenters. The molecule has 0 fully saturated rings. The SMILES string of the molecule is COc1c(C)c(C)c(Cl)c(N)c1C/C=C(\C)CCC(=O)O. The maximum atomic E-state index is 10.6. The van der Waals surface area contributed by atoms with E-state index in [1.54, 1.807) is 7.11 Å². The highest BCUT2D eigenvalue weighted by Crippen LogP contribution is 2.38. The molecule has 3 N–H and O–H groups in total. The second-order valence-corrected chi connectivity index (χ2v) is 5.52. The molecule has 0 aliphatic rings. The summed E-state index contributed by atoms with van der Waals surface area (Å²) < 4.78 is 5.46. The van der Waals surface area contributed by atoms with Gasteiger partial charge in [0.1, 0.15) is 5.75 Å². The Balaban J connectivity index is 3.08. The van der Waals surface area contributed by atoms with Crippen molar-refractivity contribution in [3.8, 4) is 5.75 Å². The van der Waals surface area contributed by atoms with Crippen molar-refractivity contribution in [2.24, 2.45) is 0 Å². The van der Waals surface area contributed by atoms with Crippen LogP contribution in [-0.4, -0.2) is 18.2 Å². The normalized spacial score (nSPS) is 11.6. The van der Waals surface area contributed by atoms with E-state index < -0.39 is 5.97 Å². The molecule has 0 spiro atoms. The van der Waals surface area contributed by atoms with E-state index in [1.165, 1.54) is 0 Å². The maximum Gasteiger partial charge on any atom is 0.303 e. The number of carboxylic acids is 1. The number of carboxylic acid groups (broad SMARTS) is 1. The van der Waals surface area contributed by atoms with E-state index >= 15 is 0 Å². The van der Waals surface area contributed by atoms with Crippen LogP contribution in [0.3, 0.4) is 0 Å². The summed E-state index contributed by atoms with van der Waals surface area (Å²) in [7, 11) is 1.61. The van der Waals surface area contributed by atoms with E-state index in [0.717, 1.165) is 28.0 Å². The Morgan fingerprint density at radius 2 is 1.95 bits per heavy atom. The lowest BCUT2D eigenvalue weighted by Crippen LogP contribution is -2.03. The van der Waals surface area contributed by atoms with Gasteiger partial charge in [-0.2, -0.15) is 0 Å². The third kappa shape index (κ3) is 4.14. The number of anilines is 1. The Bertz CT molecular complexity index is 580. The molecule has 0 saturated heterocycles. The molecule has 0 amide bonds. The largest absolute Gasteiger partial charge is 0.496 e. The van der Waals surface area contributed by atoms with Crippen LogP contribution < -0.4 is 10.5 Å². The number of halogens is 1. The molecule has 1 rings (SSSR count). The van der Waals surface area contributed by atoms with E-state index in [-0.39, 0.29) is 6.42 Å². The highest BCUT2D eigenvalue weighted by atomic mass is 35.5. The predicted molar refractivity (Wildman–Crippen MR) is 86.2 cm³/mol. The first kappa shape index (κ1) is 17.4. The van der Waals surface area contributed by atoms with Gasteiger partial charge in [0.15, 0.2) is 0 Å². The van der Waals surface area contributed by atoms with Gasteiger partial charge in [0.25, 0.3) is 0 Å². The summed E-state index contributed by atoms with van der Waals surface area (Å²) >= 11 is 6.26. The standard InChI is InChI=1S/C16H22ClNO3/c1-9(6-8-13(19)20)5-7-12-15(18)14(17)10(2)11(3)16(12)21-4/h5H,6-8,18H2,1-4H3,(H,19,20)/b9-5+. The fourth-order valence-corrected chi connectivity index (χ4v) is 2.44. The first-order chi connectivity index (χ1) is 9.79. The highest BCUT2D eigenvalue weighted by Gasteiger charge is 2.16. The summed E-state index contributed by atoms with van der Waals surface area (Å²) in [6, 6.07) is 0. The number of nitrogen functional groups attached to an aromatic ring is 1. The summed E-state index contributed by atoms with van der Waals surface area (Å²) in [4.78, 5) is 10.6. The van der Waals surface area contributed by atoms with Crippen LogP contribution in [0.4, 0.5) is 5.69 Å². The van der Waals surface area contributed by atoms with Crippen molar-refractivity contribution >= 4 is 23.3 Å². The zero-order chi connectivity index (χ0) is 16.2. The van der Waals surface area contributed by atoms with Crippen LogP contribution in [-0.2, 0) is 11.2 Å². The van der Waals surface area contributed by atoms with Crippen LogP contribution in [0.5, 0.6) is 5.75 Å². The maximum absolute atomic E-state index is 10.6. The second kappa shape index (κ2) is 7.36. The molecule has 4 nitrogen and oxygen atoms in total. The molecule has 21 heavy (non-hydrogen) atoms. The van der Waals surface area contributed by atoms with Gasteiger partial charge in [-0.1, -0.05) is 23.3 Å². The number of carbonyl (C=O) groups is 1. The molecule has 1 aromatic carbocycles. The van der Waals surface area contributed by atoms with Gasteiger partial charge in [0.05, 0.1) is 17.8 Å². The smallest absolute Gasteiger partial charge is 0.303 e. The predicted octanol–water partition coefficient (Wildman–Crippen LogP) is 3.90. The molecule has 0 aromatic heterocycles. The Kier molecular flexibility index (Phi) is 6.09. The lowest BCUT2D eigenvalue weighted by atomic mass is 9.98.